The van der Waals surface area contributed by atoms with Crippen LogP contribution in [0.4, 0.5) is 0 Å². The molecular weight excluding hydrogens is 342 g/mol. The van der Waals surface area contributed by atoms with Gasteiger partial charge in [0.25, 0.3) is 5.91 Å². The van der Waals surface area contributed by atoms with Gasteiger partial charge in [-0.1, -0.05) is 49.0 Å². The summed E-state index contributed by atoms with van der Waals surface area (Å²) < 4.78 is 25.8. The van der Waals surface area contributed by atoms with Crippen LogP contribution in [0.5, 0.6) is 0 Å². The minimum atomic E-state index is -3.80. The van der Waals surface area contributed by atoms with Crippen molar-refractivity contribution in [3.63, 3.8) is 0 Å². The number of hydrogen-bond acceptors (Lipinski definition) is 5. The molecule has 0 aliphatic rings. The maximum atomic E-state index is 12.2. The average molecular weight is 359 g/mol. The lowest BCUT2D eigenvalue weighted by atomic mass is 9.98. The Kier molecular flexibility index (Phi) is 5.56. The number of carbonyl (C=O) groups excluding carboxylic acids is 1. The van der Waals surface area contributed by atoms with Gasteiger partial charge in [-0.2, -0.15) is 8.42 Å². The van der Waals surface area contributed by atoms with Gasteiger partial charge in [0.1, 0.15) is 0 Å². The summed E-state index contributed by atoms with van der Waals surface area (Å²) >= 11 is 0. The number of guanidine groups is 1. The number of hydrogen-bond donors (Lipinski definition) is 2. The molecule has 0 radical (unpaired) electrons. The van der Waals surface area contributed by atoms with Crippen molar-refractivity contribution >= 4 is 27.6 Å². The van der Waals surface area contributed by atoms with E-state index in [1.54, 1.807) is 18.2 Å². The molecule has 0 fully saturated rings. The molecular formula is C17H17N3O4S. The number of oxime groups is 1. The van der Waals surface area contributed by atoms with Crippen LogP contribution in [-0.4, -0.2) is 26.5 Å². The topological polar surface area (TPSA) is 111 Å². The minimum absolute atomic E-state index is 0.312. The third-order valence-corrected chi connectivity index (χ3v) is 3.45. The summed E-state index contributed by atoms with van der Waals surface area (Å²) in [5.74, 6) is -1.02. The molecule has 130 valence electrons. The van der Waals surface area contributed by atoms with E-state index in [4.69, 9.17) is 5.73 Å². The predicted octanol–water partition coefficient (Wildman–Crippen LogP) is 1.68. The first-order valence-electron chi connectivity index (χ1n) is 7.14. The van der Waals surface area contributed by atoms with Crippen LogP contribution in [0.15, 0.2) is 66.3 Å². The average Bonchev–Trinajstić information content (AvgIpc) is 2.59. The SMILES string of the molecule is C=C(c1ccccc1)c1cccc(C(=O)NC(N)=NOS(C)(=O)=O)c1. The van der Waals surface area contributed by atoms with E-state index in [2.05, 4.69) is 21.3 Å². The van der Waals surface area contributed by atoms with Crippen LogP contribution in [0.2, 0.25) is 0 Å². The van der Waals surface area contributed by atoms with Crippen LogP contribution >= 0.6 is 0 Å². The molecule has 25 heavy (non-hydrogen) atoms. The number of nitrogens with zero attached hydrogens (tertiary/aromatic N) is 1. The zero-order valence-corrected chi connectivity index (χ0v) is 14.3. The fourth-order valence-corrected chi connectivity index (χ4v) is 2.19. The molecule has 2 aromatic carbocycles. The molecule has 7 nitrogen and oxygen atoms in total. The Morgan fingerprint density at radius 2 is 1.68 bits per heavy atom. The fourth-order valence-electron chi connectivity index (χ4n) is 1.97. The molecule has 0 saturated carbocycles. The van der Waals surface area contributed by atoms with Gasteiger partial charge in [0.05, 0.1) is 6.26 Å². The first kappa shape index (κ1) is 18.2. The van der Waals surface area contributed by atoms with E-state index in [9.17, 15) is 13.2 Å². The summed E-state index contributed by atoms with van der Waals surface area (Å²) in [6.45, 7) is 4.05. The first-order valence-corrected chi connectivity index (χ1v) is 8.96. The number of nitrogens with two attached hydrogens (primary N) is 1. The molecule has 0 aromatic heterocycles. The van der Waals surface area contributed by atoms with Gasteiger partial charge in [-0.3, -0.25) is 14.4 Å². The second-order valence-electron chi connectivity index (χ2n) is 5.13. The van der Waals surface area contributed by atoms with Crippen molar-refractivity contribution in [2.24, 2.45) is 10.9 Å². The monoisotopic (exact) mass is 359 g/mol. The highest BCUT2D eigenvalue weighted by Gasteiger charge is 2.10. The summed E-state index contributed by atoms with van der Waals surface area (Å²) in [4.78, 5) is 12.2. The Morgan fingerprint density at radius 1 is 1.08 bits per heavy atom. The fraction of sp³-hybridized carbons (Fsp3) is 0.0588. The highest BCUT2D eigenvalue weighted by Crippen LogP contribution is 2.22. The van der Waals surface area contributed by atoms with Crippen LogP contribution in [0.1, 0.15) is 21.5 Å². The lowest BCUT2D eigenvalue weighted by Gasteiger charge is -2.09. The van der Waals surface area contributed by atoms with Gasteiger partial charge in [0, 0.05) is 5.56 Å². The molecule has 0 spiro atoms. The van der Waals surface area contributed by atoms with E-state index >= 15 is 0 Å². The first-order chi connectivity index (χ1) is 11.8. The van der Waals surface area contributed by atoms with Crippen molar-refractivity contribution in [2.75, 3.05) is 6.26 Å². The van der Waals surface area contributed by atoms with Crippen molar-refractivity contribution < 1.29 is 17.5 Å². The molecule has 0 atom stereocenters. The minimum Gasteiger partial charge on any atom is -0.367 e. The van der Waals surface area contributed by atoms with Gasteiger partial charge in [-0.15, -0.1) is 0 Å². The Balaban J connectivity index is 2.15. The molecule has 0 bridgehead atoms. The molecule has 0 unspecified atom stereocenters. The van der Waals surface area contributed by atoms with Crippen LogP contribution < -0.4 is 11.1 Å². The Labute approximate surface area is 145 Å². The molecule has 0 aliphatic carbocycles. The van der Waals surface area contributed by atoms with Crippen LogP contribution in [0.25, 0.3) is 5.57 Å². The molecule has 0 saturated heterocycles. The van der Waals surface area contributed by atoms with E-state index in [-0.39, 0.29) is 0 Å². The highest BCUT2D eigenvalue weighted by molar-refractivity contribution is 7.85. The second kappa shape index (κ2) is 7.63. The number of rotatable bonds is 5. The Hall–Kier alpha value is -3.13. The van der Waals surface area contributed by atoms with Gasteiger partial charge >= 0.3 is 10.1 Å². The summed E-state index contributed by atoms with van der Waals surface area (Å²) in [5.41, 5.74) is 8.19. The maximum Gasteiger partial charge on any atom is 0.325 e. The van der Waals surface area contributed by atoms with Crippen LogP contribution in [0, 0.1) is 0 Å². The molecule has 3 N–H and O–H groups in total. The number of amides is 1. The quantitative estimate of drug-likeness (QED) is 0.479. The summed E-state index contributed by atoms with van der Waals surface area (Å²) in [6, 6.07) is 16.3. The van der Waals surface area contributed by atoms with Crippen molar-refractivity contribution in [1.29, 1.82) is 0 Å². The zero-order chi connectivity index (χ0) is 18.4. The molecule has 1 amide bonds. The van der Waals surface area contributed by atoms with Gasteiger partial charge in [-0.05, 0) is 34.0 Å². The van der Waals surface area contributed by atoms with E-state index in [0.29, 0.717) is 5.56 Å². The smallest absolute Gasteiger partial charge is 0.325 e. The van der Waals surface area contributed by atoms with Crippen molar-refractivity contribution in [1.82, 2.24) is 5.32 Å². The van der Waals surface area contributed by atoms with Crippen LogP contribution in [0.3, 0.4) is 0 Å². The highest BCUT2D eigenvalue weighted by atomic mass is 32.2. The van der Waals surface area contributed by atoms with Crippen molar-refractivity contribution in [3.8, 4) is 0 Å². The number of nitrogens with one attached hydrogen (secondary N) is 1. The molecule has 2 aromatic rings. The van der Waals surface area contributed by atoms with Crippen molar-refractivity contribution in [3.05, 3.63) is 77.9 Å². The predicted molar refractivity (Wildman–Crippen MR) is 96.0 cm³/mol. The number of benzene rings is 2. The third-order valence-electron chi connectivity index (χ3n) is 3.11. The second-order valence-corrected chi connectivity index (χ2v) is 6.69. The molecule has 2 rings (SSSR count). The van der Waals surface area contributed by atoms with Gasteiger partial charge in [-0.25, -0.2) is 0 Å². The van der Waals surface area contributed by atoms with Crippen LogP contribution in [-0.2, 0) is 14.4 Å². The van der Waals surface area contributed by atoms with E-state index in [1.807, 2.05) is 36.4 Å². The van der Waals surface area contributed by atoms with Gasteiger partial charge < -0.3 is 5.73 Å². The molecule has 8 heteroatoms. The lowest BCUT2D eigenvalue weighted by molar-refractivity contribution is 0.0975. The van der Waals surface area contributed by atoms with E-state index in [1.165, 1.54) is 0 Å². The normalized spacial score (nSPS) is 11.6. The van der Waals surface area contributed by atoms with Gasteiger partial charge in [0.15, 0.2) is 0 Å². The Morgan fingerprint density at radius 3 is 2.32 bits per heavy atom. The lowest BCUT2D eigenvalue weighted by Crippen LogP contribution is -2.37. The standard InChI is InChI=1S/C17H17N3O4S/c1-12(13-7-4-3-5-8-13)14-9-6-10-15(11-14)16(21)19-17(18)20-24-25(2,22)23/h3-11H,1H2,2H3,(H3,18,19,20,21). The third kappa shape index (κ3) is 5.47. The van der Waals surface area contributed by atoms with E-state index < -0.39 is 22.0 Å². The maximum absolute atomic E-state index is 12.2. The zero-order valence-electron chi connectivity index (χ0n) is 13.5. The van der Waals surface area contributed by atoms with E-state index in [0.717, 1.165) is 23.0 Å². The molecule has 0 aliphatic heterocycles. The Bertz CT molecular complexity index is 922. The van der Waals surface area contributed by atoms with Crippen molar-refractivity contribution in [2.45, 2.75) is 0 Å². The summed E-state index contributed by atoms with van der Waals surface area (Å²) in [7, 11) is -3.80. The summed E-state index contributed by atoms with van der Waals surface area (Å²) in [5, 5.41) is 5.37. The largest absolute Gasteiger partial charge is 0.367 e. The number of carbonyl (C=O) groups is 1. The summed E-state index contributed by atoms with van der Waals surface area (Å²) in [6.07, 6.45) is 0.810. The van der Waals surface area contributed by atoms with Gasteiger partial charge in [0.2, 0.25) is 5.96 Å². The molecule has 0 heterocycles.